The average molecular weight is 469 g/mol. The Bertz CT molecular complexity index is 918. The van der Waals surface area contributed by atoms with Crippen LogP contribution in [0, 0.1) is 11.7 Å². The number of likely N-dealkylation sites (tertiary alicyclic amines) is 2. The minimum absolute atomic E-state index is 0.0594. The molecule has 2 aliphatic rings. The second-order valence-corrected chi connectivity index (χ2v) is 9.60. The zero-order chi connectivity index (χ0) is 23.8. The Morgan fingerprint density at radius 3 is 2.50 bits per heavy atom. The van der Waals surface area contributed by atoms with Gasteiger partial charge in [-0.2, -0.15) is 0 Å². The van der Waals surface area contributed by atoms with Crippen molar-refractivity contribution in [3.63, 3.8) is 0 Å². The minimum atomic E-state index is -0.325. The molecule has 2 amide bonds. The van der Waals surface area contributed by atoms with Gasteiger partial charge in [0.25, 0.3) is 0 Å². The second kappa shape index (κ2) is 12.2. The number of methoxy groups -OCH3 is 1. The van der Waals surface area contributed by atoms with E-state index < -0.39 is 0 Å². The summed E-state index contributed by atoms with van der Waals surface area (Å²) >= 11 is 0. The first-order valence-electron chi connectivity index (χ1n) is 12.4. The van der Waals surface area contributed by atoms with Crippen molar-refractivity contribution in [3.8, 4) is 5.75 Å². The highest BCUT2D eigenvalue weighted by Crippen LogP contribution is 2.21. The van der Waals surface area contributed by atoms with E-state index in [0.717, 1.165) is 64.1 Å². The third kappa shape index (κ3) is 7.18. The highest BCUT2D eigenvalue weighted by molar-refractivity contribution is 5.74. The van der Waals surface area contributed by atoms with Crippen LogP contribution in [0.4, 0.5) is 9.18 Å². The predicted octanol–water partition coefficient (Wildman–Crippen LogP) is 4.01. The van der Waals surface area contributed by atoms with Gasteiger partial charge < -0.3 is 15.4 Å². The van der Waals surface area contributed by atoms with Crippen molar-refractivity contribution in [1.29, 1.82) is 0 Å². The number of halogens is 1. The molecular weight excluding hydrogens is 431 g/mol. The third-order valence-electron chi connectivity index (χ3n) is 6.95. The van der Waals surface area contributed by atoms with Crippen LogP contribution < -0.4 is 15.4 Å². The lowest BCUT2D eigenvalue weighted by Crippen LogP contribution is -2.49. The molecule has 2 fully saturated rings. The molecule has 184 valence electrons. The molecule has 6 nitrogen and oxygen atoms in total. The molecule has 1 unspecified atom stereocenters. The monoisotopic (exact) mass is 468 g/mol. The lowest BCUT2D eigenvalue weighted by atomic mass is 9.97. The number of amides is 2. The van der Waals surface area contributed by atoms with E-state index in [9.17, 15) is 9.18 Å². The zero-order valence-corrected chi connectivity index (χ0v) is 20.1. The normalized spacial score (nSPS) is 20.1. The third-order valence-corrected chi connectivity index (χ3v) is 6.95. The van der Waals surface area contributed by atoms with Crippen LogP contribution in [0.2, 0.25) is 0 Å². The zero-order valence-electron chi connectivity index (χ0n) is 20.1. The molecule has 2 aromatic carbocycles. The van der Waals surface area contributed by atoms with Crippen molar-refractivity contribution in [3.05, 3.63) is 65.5 Å². The molecular formula is C27H37FN4O2. The van der Waals surface area contributed by atoms with Gasteiger partial charge in [0.15, 0.2) is 11.6 Å². The van der Waals surface area contributed by atoms with Crippen molar-refractivity contribution in [2.24, 2.45) is 5.92 Å². The maximum atomic E-state index is 13.9. The van der Waals surface area contributed by atoms with Crippen LogP contribution in [-0.4, -0.2) is 61.7 Å². The fourth-order valence-electron chi connectivity index (χ4n) is 5.08. The Balaban J connectivity index is 1.14. The van der Waals surface area contributed by atoms with E-state index in [-0.39, 0.29) is 23.6 Å². The van der Waals surface area contributed by atoms with Gasteiger partial charge in [0.05, 0.1) is 7.11 Å². The first kappa shape index (κ1) is 24.5. The molecule has 0 saturated carbocycles. The van der Waals surface area contributed by atoms with Crippen molar-refractivity contribution in [2.75, 3.05) is 39.8 Å². The van der Waals surface area contributed by atoms with E-state index in [1.165, 1.54) is 19.1 Å². The molecule has 0 aromatic heterocycles. The molecule has 0 radical (unpaired) electrons. The Morgan fingerprint density at radius 1 is 1.00 bits per heavy atom. The number of urea groups is 1. The van der Waals surface area contributed by atoms with Gasteiger partial charge in [0.2, 0.25) is 0 Å². The Kier molecular flexibility index (Phi) is 8.77. The van der Waals surface area contributed by atoms with Crippen LogP contribution in [-0.2, 0) is 13.1 Å². The molecule has 2 aliphatic heterocycles. The first-order chi connectivity index (χ1) is 16.6. The number of benzene rings is 2. The summed E-state index contributed by atoms with van der Waals surface area (Å²) in [5.41, 5.74) is 2.29. The smallest absolute Gasteiger partial charge is 0.315 e. The largest absolute Gasteiger partial charge is 0.494 e. The lowest BCUT2D eigenvalue weighted by Gasteiger charge is -2.34. The second-order valence-electron chi connectivity index (χ2n) is 9.60. The predicted molar refractivity (Wildman–Crippen MR) is 132 cm³/mol. The van der Waals surface area contributed by atoms with Crippen molar-refractivity contribution >= 4 is 6.03 Å². The van der Waals surface area contributed by atoms with Gasteiger partial charge in [0, 0.05) is 45.3 Å². The molecule has 0 spiro atoms. The Labute approximate surface area is 202 Å². The van der Waals surface area contributed by atoms with Crippen molar-refractivity contribution in [1.82, 2.24) is 20.4 Å². The van der Waals surface area contributed by atoms with E-state index in [1.54, 1.807) is 12.1 Å². The summed E-state index contributed by atoms with van der Waals surface area (Å²) in [7, 11) is 1.47. The molecule has 1 atom stereocenters. The number of ether oxygens (including phenoxy) is 1. The molecule has 0 aliphatic carbocycles. The van der Waals surface area contributed by atoms with Gasteiger partial charge in [-0.15, -0.1) is 0 Å². The summed E-state index contributed by atoms with van der Waals surface area (Å²) in [6.07, 6.45) is 4.15. The highest BCUT2D eigenvalue weighted by Gasteiger charge is 2.23. The number of nitrogens with zero attached hydrogens (tertiary/aromatic N) is 2. The summed E-state index contributed by atoms with van der Waals surface area (Å²) in [5, 5.41) is 6.26. The molecule has 2 saturated heterocycles. The highest BCUT2D eigenvalue weighted by atomic mass is 19.1. The summed E-state index contributed by atoms with van der Waals surface area (Å²) in [6.45, 7) is 6.33. The van der Waals surface area contributed by atoms with Crippen LogP contribution in [0.3, 0.4) is 0 Å². The molecule has 34 heavy (non-hydrogen) atoms. The number of carbonyl (C=O) groups excluding carboxylic acids is 1. The van der Waals surface area contributed by atoms with E-state index in [4.69, 9.17) is 4.74 Å². The van der Waals surface area contributed by atoms with Crippen LogP contribution >= 0.6 is 0 Å². The topological polar surface area (TPSA) is 56.8 Å². The van der Waals surface area contributed by atoms with Crippen LogP contribution in [0.5, 0.6) is 5.75 Å². The van der Waals surface area contributed by atoms with Gasteiger partial charge in [-0.3, -0.25) is 9.80 Å². The summed E-state index contributed by atoms with van der Waals surface area (Å²) in [6, 6.07) is 15.8. The summed E-state index contributed by atoms with van der Waals surface area (Å²) < 4.78 is 18.9. The van der Waals surface area contributed by atoms with Gasteiger partial charge in [0.1, 0.15) is 0 Å². The lowest BCUT2D eigenvalue weighted by molar-refractivity contribution is 0.163. The number of nitrogens with one attached hydrogen (secondary N) is 2. The molecule has 4 rings (SSSR count). The molecule has 2 aromatic rings. The van der Waals surface area contributed by atoms with Gasteiger partial charge in [-0.1, -0.05) is 36.4 Å². The Morgan fingerprint density at radius 2 is 1.76 bits per heavy atom. The maximum absolute atomic E-state index is 13.9. The summed E-state index contributed by atoms with van der Waals surface area (Å²) in [5.74, 6) is 0.444. The van der Waals surface area contributed by atoms with Gasteiger partial charge in [-0.25, -0.2) is 9.18 Å². The number of hydrogen-bond acceptors (Lipinski definition) is 4. The molecule has 7 heteroatoms. The standard InChI is InChI=1S/C27H37FN4O2/c1-34-26-10-9-22(16-25(26)28)19-31-14-11-24(12-15-31)30-27(33)29-17-23-8-5-13-32(20-23)18-21-6-3-2-4-7-21/h2-4,6-7,9-10,16,23-24H,5,8,11-15,17-20H2,1H3,(H2,29,30,33). The van der Waals surface area contributed by atoms with Crippen molar-refractivity contribution < 1.29 is 13.9 Å². The van der Waals surface area contributed by atoms with Gasteiger partial charge in [-0.05, 0) is 61.4 Å². The van der Waals surface area contributed by atoms with E-state index in [2.05, 4.69) is 50.8 Å². The molecule has 2 N–H and O–H groups in total. The quantitative estimate of drug-likeness (QED) is 0.615. The molecule has 2 heterocycles. The average Bonchev–Trinajstić information content (AvgIpc) is 2.85. The van der Waals surface area contributed by atoms with Crippen molar-refractivity contribution in [2.45, 2.75) is 44.8 Å². The fraction of sp³-hybridized carbons (Fsp3) is 0.519. The van der Waals surface area contributed by atoms with E-state index >= 15 is 0 Å². The number of rotatable bonds is 8. The molecule has 0 bridgehead atoms. The number of hydrogen-bond donors (Lipinski definition) is 2. The number of piperidine rings is 2. The first-order valence-corrected chi connectivity index (χ1v) is 12.4. The van der Waals surface area contributed by atoms with E-state index in [0.29, 0.717) is 12.5 Å². The van der Waals surface area contributed by atoms with E-state index in [1.807, 2.05) is 6.07 Å². The van der Waals surface area contributed by atoms with Crippen LogP contribution in [0.1, 0.15) is 36.8 Å². The van der Waals surface area contributed by atoms with Gasteiger partial charge >= 0.3 is 6.03 Å². The summed E-state index contributed by atoms with van der Waals surface area (Å²) in [4.78, 5) is 17.3. The van der Waals surface area contributed by atoms with Crippen LogP contribution in [0.15, 0.2) is 48.5 Å². The number of carbonyl (C=O) groups is 1. The maximum Gasteiger partial charge on any atom is 0.315 e. The SMILES string of the molecule is COc1ccc(CN2CCC(NC(=O)NCC3CCCN(Cc4ccccc4)C3)CC2)cc1F. The fourth-order valence-corrected chi connectivity index (χ4v) is 5.08. The van der Waals surface area contributed by atoms with Crippen LogP contribution in [0.25, 0.3) is 0 Å². The minimum Gasteiger partial charge on any atom is -0.494 e. The Hall–Kier alpha value is -2.64.